The predicted molar refractivity (Wildman–Crippen MR) is 70.0 cm³/mol. The van der Waals surface area contributed by atoms with Gasteiger partial charge in [-0.15, -0.1) is 0 Å². The van der Waals surface area contributed by atoms with Crippen LogP contribution in [0.2, 0.25) is 0 Å². The molecule has 0 saturated heterocycles. The Kier molecular flexibility index (Phi) is 3.88. The zero-order valence-corrected chi connectivity index (χ0v) is 9.86. The lowest BCUT2D eigenvalue weighted by Gasteiger charge is -2.17. The van der Waals surface area contributed by atoms with E-state index in [0.29, 0.717) is 0 Å². The number of rotatable bonds is 4. The van der Waals surface area contributed by atoms with Crippen LogP contribution >= 0.6 is 0 Å². The lowest BCUT2D eigenvalue weighted by atomic mass is 9.83. The van der Waals surface area contributed by atoms with Crippen molar-refractivity contribution in [2.45, 2.75) is 11.8 Å². The molecule has 0 aliphatic rings. The highest BCUT2D eigenvalue weighted by molar-refractivity contribution is 5.65. The van der Waals surface area contributed by atoms with Gasteiger partial charge in [-0.3, -0.25) is 0 Å². The summed E-state index contributed by atoms with van der Waals surface area (Å²) in [5.41, 5.74) is 1.75. The third-order valence-electron chi connectivity index (χ3n) is 2.99. The fraction of sp³-hybridized carbons (Fsp3) is 0.125. The van der Waals surface area contributed by atoms with Gasteiger partial charge in [-0.1, -0.05) is 60.7 Å². The Balaban J connectivity index is 2.38. The monoisotopic (exact) mass is 235 g/mol. The van der Waals surface area contributed by atoms with Crippen LogP contribution in [0.3, 0.4) is 0 Å². The molecule has 2 aromatic rings. The molecule has 0 radical (unpaired) electrons. The summed E-state index contributed by atoms with van der Waals surface area (Å²) in [6, 6.07) is 21.1. The Labute approximate surface area is 107 Å². The highest BCUT2D eigenvalue weighted by Gasteiger charge is 2.23. The van der Waals surface area contributed by atoms with E-state index in [2.05, 4.69) is 6.07 Å². The summed E-state index contributed by atoms with van der Waals surface area (Å²) in [5.74, 6) is -0.857. The Morgan fingerprint density at radius 1 is 0.889 bits per heavy atom. The van der Waals surface area contributed by atoms with Gasteiger partial charge in [0.25, 0.3) is 0 Å². The number of hydrogen-bond acceptors (Lipinski definition) is 2. The zero-order valence-electron chi connectivity index (χ0n) is 9.86. The van der Waals surface area contributed by atoms with Gasteiger partial charge in [-0.25, -0.2) is 0 Å². The summed E-state index contributed by atoms with van der Waals surface area (Å²) in [6.45, 7) is 0. The molecule has 2 rings (SSSR count). The molecule has 18 heavy (non-hydrogen) atoms. The Morgan fingerprint density at radius 2 is 1.39 bits per heavy atom. The normalized spacial score (nSPS) is 13.3. The molecule has 0 aliphatic carbocycles. The minimum Gasteiger partial charge on any atom is -0.303 e. The molecule has 2 heteroatoms. The first-order valence-electron chi connectivity index (χ1n) is 5.81. The van der Waals surface area contributed by atoms with Crippen molar-refractivity contribution >= 4 is 6.29 Å². The Hall–Kier alpha value is -2.40. The molecule has 0 aromatic heterocycles. The van der Waals surface area contributed by atoms with Gasteiger partial charge in [0.05, 0.1) is 17.9 Å². The van der Waals surface area contributed by atoms with Gasteiger partial charge in [0.15, 0.2) is 0 Å². The zero-order chi connectivity index (χ0) is 12.8. The molecule has 0 aliphatic heterocycles. The smallest absolute Gasteiger partial charge is 0.129 e. The third-order valence-corrected chi connectivity index (χ3v) is 2.99. The third kappa shape index (κ3) is 2.46. The first kappa shape index (κ1) is 12.1. The van der Waals surface area contributed by atoms with Gasteiger partial charge in [0.1, 0.15) is 6.29 Å². The van der Waals surface area contributed by atoms with Crippen LogP contribution in [-0.4, -0.2) is 6.29 Å². The van der Waals surface area contributed by atoms with Crippen molar-refractivity contribution in [2.75, 3.05) is 0 Å². The highest BCUT2D eigenvalue weighted by atomic mass is 16.1. The van der Waals surface area contributed by atoms with Crippen molar-refractivity contribution in [3.8, 4) is 6.07 Å². The fourth-order valence-electron chi connectivity index (χ4n) is 2.05. The van der Waals surface area contributed by atoms with E-state index in [1.165, 1.54) is 0 Å². The van der Waals surface area contributed by atoms with E-state index in [9.17, 15) is 10.1 Å². The minimum absolute atomic E-state index is 0.418. The van der Waals surface area contributed by atoms with E-state index < -0.39 is 11.8 Å². The van der Waals surface area contributed by atoms with Crippen molar-refractivity contribution in [1.29, 1.82) is 5.26 Å². The average molecular weight is 235 g/mol. The lowest BCUT2D eigenvalue weighted by Crippen LogP contribution is -2.11. The topological polar surface area (TPSA) is 40.9 Å². The summed E-state index contributed by atoms with van der Waals surface area (Å²) in [5, 5.41) is 9.33. The van der Waals surface area contributed by atoms with E-state index in [1.807, 2.05) is 60.7 Å². The second-order valence-corrected chi connectivity index (χ2v) is 4.09. The van der Waals surface area contributed by atoms with Crippen LogP contribution in [0.4, 0.5) is 0 Å². The maximum Gasteiger partial charge on any atom is 0.129 e. The second kappa shape index (κ2) is 5.79. The van der Waals surface area contributed by atoms with Crippen molar-refractivity contribution in [2.24, 2.45) is 0 Å². The molecule has 0 saturated carbocycles. The molecule has 0 fully saturated rings. The predicted octanol–water partition coefficient (Wildman–Crippen LogP) is 3.28. The van der Waals surface area contributed by atoms with Gasteiger partial charge < -0.3 is 4.79 Å². The molecule has 2 nitrogen and oxygen atoms in total. The van der Waals surface area contributed by atoms with Crippen LogP contribution in [-0.2, 0) is 4.79 Å². The SMILES string of the molecule is N#CC(c1ccccc1)C(C=O)c1ccccc1. The summed E-state index contributed by atoms with van der Waals surface area (Å²) < 4.78 is 0. The molecule has 0 heterocycles. The summed E-state index contributed by atoms with van der Waals surface area (Å²) in [4.78, 5) is 11.3. The van der Waals surface area contributed by atoms with E-state index in [4.69, 9.17) is 0 Å². The van der Waals surface area contributed by atoms with Crippen LogP contribution in [0, 0.1) is 11.3 Å². The molecule has 0 N–H and O–H groups in total. The Bertz CT molecular complexity index is 542. The number of benzene rings is 2. The molecule has 2 aromatic carbocycles. The van der Waals surface area contributed by atoms with E-state index in [-0.39, 0.29) is 0 Å². The van der Waals surface area contributed by atoms with Gasteiger partial charge in [0.2, 0.25) is 0 Å². The van der Waals surface area contributed by atoms with Gasteiger partial charge in [-0.2, -0.15) is 5.26 Å². The van der Waals surface area contributed by atoms with Gasteiger partial charge in [0, 0.05) is 0 Å². The number of carbonyl (C=O) groups is 1. The van der Waals surface area contributed by atoms with E-state index in [1.54, 1.807) is 0 Å². The first-order valence-corrected chi connectivity index (χ1v) is 5.81. The number of aldehydes is 1. The number of nitrogens with zero attached hydrogens (tertiary/aromatic N) is 1. The largest absolute Gasteiger partial charge is 0.303 e. The first-order chi connectivity index (χ1) is 8.86. The maximum atomic E-state index is 11.3. The summed E-state index contributed by atoms with van der Waals surface area (Å²) in [7, 11) is 0. The van der Waals surface area contributed by atoms with Gasteiger partial charge >= 0.3 is 0 Å². The number of hydrogen-bond donors (Lipinski definition) is 0. The molecule has 0 bridgehead atoms. The quantitative estimate of drug-likeness (QED) is 0.763. The van der Waals surface area contributed by atoms with Crippen LogP contribution < -0.4 is 0 Å². The van der Waals surface area contributed by atoms with E-state index in [0.717, 1.165) is 17.4 Å². The van der Waals surface area contributed by atoms with Crippen LogP contribution in [0.1, 0.15) is 23.0 Å². The van der Waals surface area contributed by atoms with Crippen molar-refractivity contribution in [3.05, 3.63) is 71.8 Å². The van der Waals surface area contributed by atoms with E-state index >= 15 is 0 Å². The fourth-order valence-corrected chi connectivity index (χ4v) is 2.05. The standard InChI is InChI=1S/C16H13NO/c17-11-15(13-7-3-1-4-8-13)16(12-18)14-9-5-2-6-10-14/h1-10,12,15-16H. The van der Waals surface area contributed by atoms with Crippen molar-refractivity contribution in [3.63, 3.8) is 0 Å². The average Bonchev–Trinajstić information content (AvgIpc) is 2.46. The number of nitriles is 1. The molecule has 2 unspecified atom stereocenters. The molecule has 88 valence electrons. The molecule has 2 atom stereocenters. The van der Waals surface area contributed by atoms with Crippen LogP contribution in [0.25, 0.3) is 0 Å². The molecular weight excluding hydrogens is 222 g/mol. The van der Waals surface area contributed by atoms with Crippen molar-refractivity contribution in [1.82, 2.24) is 0 Å². The highest BCUT2D eigenvalue weighted by Crippen LogP contribution is 2.30. The Morgan fingerprint density at radius 3 is 1.83 bits per heavy atom. The number of carbonyl (C=O) groups excluding carboxylic acids is 1. The molecular formula is C16H13NO. The summed E-state index contributed by atoms with van der Waals surface area (Å²) >= 11 is 0. The van der Waals surface area contributed by atoms with Crippen molar-refractivity contribution < 1.29 is 4.79 Å². The minimum atomic E-state index is -0.439. The van der Waals surface area contributed by atoms with Crippen LogP contribution in [0.5, 0.6) is 0 Å². The van der Waals surface area contributed by atoms with Gasteiger partial charge in [-0.05, 0) is 11.1 Å². The molecule has 0 amide bonds. The van der Waals surface area contributed by atoms with Crippen LogP contribution in [0.15, 0.2) is 60.7 Å². The molecule has 0 spiro atoms. The summed E-state index contributed by atoms with van der Waals surface area (Å²) in [6.07, 6.45) is 0.857. The second-order valence-electron chi connectivity index (χ2n) is 4.09. The lowest BCUT2D eigenvalue weighted by molar-refractivity contribution is -0.109. The maximum absolute atomic E-state index is 11.3.